The molecule has 2 aromatic rings. The van der Waals surface area contributed by atoms with Gasteiger partial charge in [-0.1, -0.05) is 37.3 Å². The Morgan fingerprint density at radius 2 is 1.88 bits per heavy atom. The maximum Gasteiger partial charge on any atom is 0.225 e. The lowest BCUT2D eigenvalue weighted by atomic mass is 9.90. The van der Waals surface area contributed by atoms with Crippen molar-refractivity contribution < 1.29 is 0 Å². The van der Waals surface area contributed by atoms with Crippen LogP contribution in [-0.4, -0.2) is 29.1 Å². The Kier molecular flexibility index (Phi) is 5.90. The van der Waals surface area contributed by atoms with E-state index in [1.54, 1.807) is 0 Å². The van der Waals surface area contributed by atoms with Gasteiger partial charge < -0.3 is 10.2 Å². The van der Waals surface area contributed by atoms with Gasteiger partial charge in [-0.25, -0.2) is 4.98 Å². The van der Waals surface area contributed by atoms with Crippen LogP contribution in [0.3, 0.4) is 0 Å². The Morgan fingerprint density at radius 1 is 1.16 bits per heavy atom. The number of hydrogen-bond donors (Lipinski definition) is 1. The van der Waals surface area contributed by atoms with Crippen LogP contribution in [-0.2, 0) is 6.42 Å². The molecule has 4 heteroatoms. The molecule has 1 fully saturated rings. The third-order valence-electron chi connectivity index (χ3n) is 5.13. The molecule has 0 bridgehead atoms. The summed E-state index contributed by atoms with van der Waals surface area (Å²) in [5.41, 5.74) is 2.49. The van der Waals surface area contributed by atoms with E-state index in [9.17, 15) is 0 Å². The van der Waals surface area contributed by atoms with Crippen LogP contribution in [0.5, 0.6) is 0 Å². The molecule has 0 saturated carbocycles. The summed E-state index contributed by atoms with van der Waals surface area (Å²) < 4.78 is 0. The zero-order valence-electron chi connectivity index (χ0n) is 15.7. The monoisotopic (exact) mass is 338 g/mol. The molecule has 0 aliphatic carbocycles. The molecule has 1 atom stereocenters. The first-order valence-corrected chi connectivity index (χ1v) is 9.55. The highest BCUT2D eigenvalue weighted by Gasteiger charge is 2.21. The zero-order valence-corrected chi connectivity index (χ0v) is 15.7. The topological polar surface area (TPSA) is 41.1 Å². The predicted molar refractivity (Wildman–Crippen MR) is 105 cm³/mol. The third kappa shape index (κ3) is 4.94. The van der Waals surface area contributed by atoms with Crippen LogP contribution >= 0.6 is 0 Å². The number of hydrogen-bond acceptors (Lipinski definition) is 4. The lowest BCUT2D eigenvalue weighted by Gasteiger charge is -2.33. The number of piperidine rings is 1. The molecule has 1 aromatic carbocycles. The van der Waals surface area contributed by atoms with Crippen molar-refractivity contribution in [1.82, 2.24) is 9.97 Å². The van der Waals surface area contributed by atoms with Crippen LogP contribution in [0.1, 0.15) is 44.4 Å². The average molecular weight is 338 g/mol. The smallest absolute Gasteiger partial charge is 0.225 e. The fourth-order valence-electron chi connectivity index (χ4n) is 3.41. The number of nitrogens with zero attached hydrogens (tertiary/aromatic N) is 3. The molecule has 1 saturated heterocycles. The van der Waals surface area contributed by atoms with Crippen LogP contribution in [0, 0.1) is 12.8 Å². The Bertz CT molecular complexity index is 663. The first-order chi connectivity index (χ1) is 12.1. The van der Waals surface area contributed by atoms with Crippen LogP contribution in [0.2, 0.25) is 0 Å². The van der Waals surface area contributed by atoms with Crippen molar-refractivity contribution in [3.8, 4) is 0 Å². The SMILES string of the molecule is CCC(C)Nc1nc(C)cc(N2CCC(Cc3ccccc3)CC2)n1. The number of aryl methyl sites for hydroxylation is 1. The molecule has 3 rings (SSSR count). The van der Waals surface area contributed by atoms with Crippen molar-refractivity contribution in [1.29, 1.82) is 0 Å². The Balaban J connectivity index is 1.60. The van der Waals surface area contributed by atoms with Crippen molar-refractivity contribution in [3.05, 3.63) is 47.7 Å². The van der Waals surface area contributed by atoms with E-state index in [1.165, 1.54) is 24.8 Å². The van der Waals surface area contributed by atoms with Crippen molar-refractivity contribution in [2.45, 2.75) is 52.5 Å². The number of nitrogens with one attached hydrogen (secondary N) is 1. The first-order valence-electron chi connectivity index (χ1n) is 9.55. The summed E-state index contributed by atoms with van der Waals surface area (Å²) in [5, 5.41) is 3.40. The largest absolute Gasteiger partial charge is 0.356 e. The van der Waals surface area contributed by atoms with Gasteiger partial charge in [-0.05, 0) is 51.0 Å². The number of anilines is 2. The molecule has 1 aliphatic heterocycles. The maximum atomic E-state index is 4.76. The van der Waals surface area contributed by atoms with E-state index in [0.717, 1.165) is 42.9 Å². The van der Waals surface area contributed by atoms with Crippen LogP contribution in [0.4, 0.5) is 11.8 Å². The third-order valence-corrected chi connectivity index (χ3v) is 5.13. The average Bonchev–Trinajstić information content (AvgIpc) is 2.62. The molecular weight excluding hydrogens is 308 g/mol. The fourth-order valence-corrected chi connectivity index (χ4v) is 3.41. The minimum absolute atomic E-state index is 0.395. The highest BCUT2D eigenvalue weighted by Crippen LogP contribution is 2.25. The van der Waals surface area contributed by atoms with E-state index in [4.69, 9.17) is 4.98 Å². The number of aromatic nitrogens is 2. The molecule has 0 radical (unpaired) electrons. The Morgan fingerprint density at radius 3 is 2.56 bits per heavy atom. The summed E-state index contributed by atoms with van der Waals surface area (Å²) in [6.45, 7) is 8.55. The summed E-state index contributed by atoms with van der Waals surface area (Å²) in [7, 11) is 0. The van der Waals surface area contributed by atoms with Crippen molar-refractivity contribution in [2.75, 3.05) is 23.3 Å². The zero-order chi connectivity index (χ0) is 17.6. The maximum absolute atomic E-state index is 4.76. The molecule has 25 heavy (non-hydrogen) atoms. The van der Waals surface area contributed by atoms with E-state index in [1.807, 2.05) is 0 Å². The van der Waals surface area contributed by atoms with Gasteiger partial charge in [-0.2, -0.15) is 4.98 Å². The fraction of sp³-hybridized carbons (Fsp3) is 0.524. The molecule has 0 spiro atoms. The van der Waals surface area contributed by atoms with Crippen molar-refractivity contribution in [3.63, 3.8) is 0 Å². The second-order valence-electron chi connectivity index (χ2n) is 7.26. The Labute approximate surface area is 151 Å². The Hall–Kier alpha value is -2.10. The number of benzene rings is 1. The van der Waals surface area contributed by atoms with Crippen LogP contribution in [0.15, 0.2) is 36.4 Å². The molecule has 1 aromatic heterocycles. The van der Waals surface area contributed by atoms with Crippen LogP contribution < -0.4 is 10.2 Å². The lowest BCUT2D eigenvalue weighted by Crippen LogP contribution is -2.35. The molecule has 1 unspecified atom stereocenters. The van der Waals surface area contributed by atoms with E-state index < -0.39 is 0 Å². The summed E-state index contributed by atoms with van der Waals surface area (Å²) in [6, 6.07) is 13.4. The molecule has 2 heterocycles. The van der Waals surface area contributed by atoms with Gasteiger partial charge in [0, 0.05) is 30.9 Å². The molecule has 4 nitrogen and oxygen atoms in total. The summed E-state index contributed by atoms with van der Waals surface area (Å²) >= 11 is 0. The standard InChI is InChI=1S/C21H30N4/c1-4-16(2)22-21-23-17(3)14-20(24-21)25-12-10-19(11-13-25)15-18-8-6-5-7-9-18/h5-9,14,16,19H,4,10-13,15H2,1-3H3,(H,22,23,24). The van der Waals surface area contributed by atoms with Gasteiger partial charge in [-0.3, -0.25) is 0 Å². The molecule has 134 valence electrons. The second kappa shape index (κ2) is 8.32. The normalized spacial score (nSPS) is 16.7. The van der Waals surface area contributed by atoms with E-state index in [0.29, 0.717) is 6.04 Å². The van der Waals surface area contributed by atoms with Gasteiger partial charge in [0.05, 0.1) is 0 Å². The predicted octanol–water partition coefficient (Wildman–Crippen LogP) is 4.45. The minimum atomic E-state index is 0.395. The van der Waals surface area contributed by atoms with Gasteiger partial charge in [-0.15, -0.1) is 0 Å². The number of rotatable bonds is 6. The summed E-state index contributed by atoms with van der Waals surface area (Å²) in [6.07, 6.45) is 4.72. The van der Waals surface area contributed by atoms with Crippen molar-refractivity contribution >= 4 is 11.8 Å². The van der Waals surface area contributed by atoms with Gasteiger partial charge in [0.25, 0.3) is 0 Å². The van der Waals surface area contributed by atoms with E-state index in [2.05, 4.69) is 72.4 Å². The second-order valence-corrected chi connectivity index (χ2v) is 7.26. The summed E-state index contributed by atoms with van der Waals surface area (Å²) in [5.74, 6) is 2.60. The van der Waals surface area contributed by atoms with Gasteiger partial charge >= 0.3 is 0 Å². The highest BCUT2D eigenvalue weighted by molar-refractivity contribution is 5.45. The van der Waals surface area contributed by atoms with E-state index >= 15 is 0 Å². The minimum Gasteiger partial charge on any atom is -0.356 e. The quantitative estimate of drug-likeness (QED) is 0.844. The van der Waals surface area contributed by atoms with Gasteiger partial charge in [0.2, 0.25) is 5.95 Å². The molecule has 1 aliphatic rings. The summed E-state index contributed by atoms with van der Waals surface area (Å²) in [4.78, 5) is 11.7. The highest BCUT2D eigenvalue weighted by atomic mass is 15.2. The molecule has 1 N–H and O–H groups in total. The van der Waals surface area contributed by atoms with E-state index in [-0.39, 0.29) is 0 Å². The van der Waals surface area contributed by atoms with Crippen molar-refractivity contribution in [2.24, 2.45) is 5.92 Å². The van der Waals surface area contributed by atoms with Gasteiger partial charge in [0.15, 0.2) is 0 Å². The lowest BCUT2D eigenvalue weighted by molar-refractivity contribution is 0.402. The molecule has 0 amide bonds. The first kappa shape index (κ1) is 17.7. The van der Waals surface area contributed by atoms with Gasteiger partial charge in [0.1, 0.15) is 5.82 Å². The molecular formula is C21H30N4. The van der Waals surface area contributed by atoms with Crippen LogP contribution in [0.25, 0.3) is 0 Å².